The summed E-state index contributed by atoms with van der Waals surface area (Å²) in [7, 11) is 0. The van der Waals surface area contributed by atoms with Gasteiger partial charge in [0.15, 0.2) is 0 Å². The highest BCUT2D eigenvalue weighted by atomic mass is 16.3. The number of benzene rings is 3. The van der Waals surface area contributed by atoms with E-state index in [4.69, 9.17) is 0 Å². The second-order valence-electron chi connectivity index (χ2n) is 14.0. The number of hydrogen-bond acceptors (Lipinski definition) is 3. The molecule has 0 aliphatic heterocycles. The van der Waals surface area contributed by atoms with Crippen molar-refractivity contribution in [3.63, 3.8) is 0 Å². The average molecular weight is 541 g/mol. The third-order valence-corrected chi connectivity index (χ3v) is 11.8. The summed E-state index contributed by atoms with van der Waals surface area (Å²) in [5.41, 5.74) is 6.43. The highest BCUT2D eigenvalue weighted by Crippen LogP contribution is 2.62. The van der Waals surface area contributed by atoms with Crippen molar-refractivity contribution in [2.24, 2.45) is 17.3 Å². The third kappa shape index (κ3) is 4.80. The summed E-state index contributed by atoms with van der Waals surface area (Å²) in [4.78, 5) is 0. The van der Waals surface area contributed by atoms with Gasteiger partial charge in [0.1, 0.15) is 17.2 Å². The van der Waals surface area contributed by atoms with Crippen molar-refractivity contribution in [2.45, 2.75) is 103 Å². The molecule has 3 heteroatoms. The van der Waals surface area contributed by atoms with Crippen LogP contribution in [0, 0.1) is 31.1 Å². The monoisotopic (exact) mass is 540 g/mol. The van der Waals surface area contributed by atoms with Gasteiger partial charge < -0.3 is 15.3 Å². The summed E-state index contributed by atoms with van der Waals surface area (Å²) in [5, 5.41) is 30.4. The fourth-order valence-corrected chi connectivity index (χ4v) is 8.52. The van der Waals surface area contributed by atoms with Crippen LogP contribution in [0.15, 0.2) is 60.7 Å². The van der Waals surface area contributed by atoms with Gasteiger partial charge in [-0.25, -0.2) is 0 Å². The van der Waals surface area contributed by atoms with Crippen molar-refractivity contribution in [3.05, 3.63) is 88.5 Å². The smallest absolute Gasteiger partial charge is 0.118 e. The highest BCUT2D eigenvalue weighted by Gasteiger charge is 2.55. The number of phenolic OH excluding ortho intramolecular Hbond substituents is 3. The van der Waals surface area contributed by atoms with Crippen LogP contribution in [-0.2, 0) is 10.8 Å². The van der Waals surface area contributed by atoms with Crippen molar-refractivity contribution >= 4 is 0 Å². The van der Waals surface area contributed by atoms with Crippen molar-refractivity contribution in [2.75, 3.05) is 0 Å². The lowest BCUT2D eigenvalue weighted by atomic mass is 9.46. The SMILES string of the molecule is Cc1c(O)ccc(C2(C(C)(C)C3CCC(C)C(c4ccc(O)cc4)C3)CCC(C)(c3ccc(O)cc3)CC2)c1C. The summed E-state index contributed by atoms with van der Waals surface area (Å²) in [6, 6.07) is 19.9. The Morgan fingerprint density at radius 3 is 1.90 bits per heavy atom. The fourth-order valence-electron chi connectivity index (χ4n) is 8.52. The Labute approximate surface area is 241 Å². The lowest BCUT2D eigenvalue weighted by molar-refractivity contribution is -0.0000865. The van der Waals surface area contributed by atoms with Crippen LogP contribution in [0.25, 0.3) is 0 Å². The average Bonchev–Trinajstić information content (AvgIpc) is 2.93. The van der Waals surface area contributed by atoms with Gasteiger partial charge in [-0.3, -0.25) is 0 Å². The van der Waals surface area contributed by atoms with Crippen LogP contribution in [0.4, 0.5) is 0 Å². The van der Waals surface area contributed by atoms with Gasteiger partial charge in [0, 0.05) is 5.41 Å². The van der Waals surface area contributed by atoms with Crippen LogP contribution >= 0.6 is 0 Å². The topological polar surface area (TPSA) is 60.7 Å². The summed E-state index contributed by atoms with van der Waals surface area (Å²) in [6.45, 7) is 14.1. The van der Waals surface area contributed by atoms with Crippen molar-refractivity contribution < 1.29 is 15.3 Å². The van der Waals surface area contributed by atoms with E-state index in [0.717, 1.165) is 37.7 Å². The van der Waals surface area contributed by atoms with Gasteiger partial charge in [0.2, 0.25) is 0 Å². The molecule has 3 aromatic rings. The van der Waals surface area contributed by atoms with Gasteiger partial charge in [0.05, 0.1) is 0 Å². The molecule has 2 saturated carbocycles. The zero-order valence-corrected chi connectivity index (χ0v) is 25.3. The zero-order chi connectivity index (χ0) is 28.9. The predicted molar refractivity (Wildman–Crippen MR) is 164 cm³/mol. The first kappa shape index (κ1) is 28.6. The van der Waals surface area contributed by atoms with E-state index in [1.165, 1.54) is 35.1 Å². The molecule has 40 heavy (non-hydrogen) atoms. The van der Waals surface area contributed by atoms with E-state index in [9.17, 15) is 15.3 Å². The first-order valence-electron chi connectivity index (χ1n) is 15.3. The second-order valence-corrected chi connectivity index (χ2v) is 14.0. The molecule has 0 aromatic heterocycles. The Kier molecular flexibility index (Phi) is 7.48. The molecular weight excluding hydrogens is 492 g/mol. The maximum absolute atomic E-state index is 10.6. The molecule has 0 amide bonds. The molecule has 3 N–H and O–H groups in total. The van der Waals surface area contributed by atoms with Crippen LogP contribution in [0.5, 0.6) is 17.2 Å². The lowest BCUT2D eigenvalue weighted by Crippen LogP contribution is -2.52. The minimum atomic E-state index is -0.00325. The maximum atomic E-state index is 10.6. The van der Waals surface area contributed by atoms with Gasteiger partial charge in [-0.2, -0.15) is 0 Å². The number of hydrogen-bond donors (Lipinski definition) is 3. The Balaban J connectivity index is 1.54. The van der Waals surface area contributed by atoms with Crippen LogP contribution in [0.2, 0.25) is 0 Å². The molecule has 0 radical (unpaired) electrons. The van der Waals surface area contributed by atoms with Gasteiger partial charge in [-0.05, 0) is 146 Å². The molecule has 0 heterocycles. The van der Waals surface area contributed by atoms with Crippen molar-refractivity contribution in [3.8, 4) is 17.2 Å². The van der Waals surface area contributed by atoms with E-state index in [1.54, 1.807) is 0 Å². The molecule has 5 rings (SSSR count). The van der Waals surface area contributed by atoms with Gasteiger partial charge in [0.25, 0.3) is 0 Å². The molecule has 0 spiro atoms. The Bertz CT molecular complexity index is 1330. The number of aromatic hydroxyl groups is 3. The lowest BCUT2D eigenvalue weighted by Gasteiger charge is -2.58. The summed E-state index contributed by atoms with van der Waals surface area (Å²) >= 11 is 0. The molecule has 214 valence electrons. The molecule has 3 nitrogen and oxygen atoms in total. The van der Waals surface area contributed by atoms with Gasteiger partial charge >= 0.3 is 0 Å². The van der Waals surface area contributed by atoms with E-state index in [-0.39, 0.29) is 16.2 Å². The van der Waals surface area contributed by atoms with Crippen molar-refractivity contribution in [1.29, 1.82) is 0 Å². The van der Waals surface area contributed by atoms with E-state index in [2.05, 4.69) is 71.9 Å². The fraction of sp³-hybridized carbons (Fsp3) is 0.514. The highest BCUT2D eigenvalue weighted by molar-refractivity contribution is 5.48. The minimum Gasteiger partial charge on any atom is -0.508 e. The largest absolute Gasteiger partial charge is 0.508 e. The molecule has 3 aromatic carbocycles. The predicted octanol–water partition coefficient (Wildman–Crippen LogP) is 9.44. The Morgan fingerprint density at radius 2 is 1.30 bits per heavy atom. The van der Waals surface area contributed by atoms with Crippen LogP contribution in [0.1, 0.15) is 106 Å². The normalized spacial score (nSPS) is 29.3. The summed E-state index contributed by atoms with van der Waals surface area (Å²) in [6.07, 6.45) is 7.98. The standard InChI is InChI=1S/C37H48O3/c1-24-7-10-29(23-32(24)27-8-13-30(38)14-9-27)35(4,5)37(33-17-18-34(40)26(3)25(33)2)21-19-36(6,20-22-37)28-11-15-31(39)16-12-28/h8-9,11-18,24,29,32,38-40H,7,10,19-23H2,1-6H3. The molecule has 3 unspecified atom stereocenters. The number of rotatable bonds is 5. The van der Waals surface area contributed by atoms with E-state index >= 15 is 0 Å². The van der Waals surface area contributed by atoms with Gasteiger partial charge in [-0.1, -0.05) is 58.0 Å². The Hall–Kier alpha value is -2.94. The Morgan fingerprint density at radius 1 is 0.725 bits per heavy atom. The maximum Gasteiger partial charge on any atom is 0.118 e. The molecule has 3 atom stereocenters. The van der Waals surface area contributed by atoms with Crippen molar-refractivity contribution in [1.82, 2.24) is 0 Å². The molecule has 2 fully saturated rings. The molecule has 2 aliphatic carbocycles. The van der Waals surface area contributed by atoms with Crippen LogP contribution < -0.4 is 0 Å². The van der Waals surface area contributed by atoms with E-state index in [0.29, 0.717) is 35.0 Å². The first-order chi connectivity index (χ1) is 18.9. The molecule has 0 saturated heterocycles. The number of phenols is 3. The molecule has 0 bridgehead atoms. The van der Waals surface area contributed by atoms with Gasteiger partial charge in [-0.15, -0.1) is 0 Å². The second kappa shape index (κ2) is 10.5. The van der Waals surface area contributed by atoms with Crippen LogP contribution in [-0.4, -0.2) is 15.3 Å². The molecular formula is C37H48O3. The quantitative estimate of drug-likeness (QED) is 0.302. The summed E-state index contributed by atoms with van der Waals surface area (Å²) in [5.74, 6) is 2.72. The summed E-state index contributed by atoms with van der Waals surface area (Å²) < 4.78 is 0. The van der Waals surface area contributed by atoms with E-state index < -0.39 is 0 Å². The zero-order valence-electron chi connectivity index (χ0n) is 25.3. The first-order valence-corrected chi connectivity index (χ1v) is 15.3. The minimum absolute atomic E-state index is 0.00325. The van der Waals surface area contributed by atoms with Crippen LogP contribution in [0.3, 0.4) is 0 Å². The molecule has 2 aliphatic rings. The van der Waals surface area contributed by atoms with E-state index in [1.807, 2.05) is 30.3 Å². The third-order valence-electron chi connectivity index (χ3n) is 11.8.